The van der Waals surface area contributed by atoms with Crippen LogP contribution in [-0.2, 0) is 4.79 Å². The number of rotatable bonds is 6. The number of carbonyl (C=O) groups is 1. The Kier molecular flexibility index (Phi) is 6.60. The SMILES string of the molecule is CC(CCO)NC(=O)CC(N)CC(C)(C)C. The van der Waals surface area contributed by atoms with E-state index in [9.17, 15) is 4.79 Å². The molecule has 4 nitrogen and oxygen atoms in total. The first kappa shape index (κ1) is 15.4. The Morgan fingerprint density at radius 2 is 2.00 bits per heavy atom. The van der Waals surface area contributed by atoms with Gasteiger partial charge in [0.15, 0.2) is 0 Å². The Hall–Kier alpha value is -0.610. The highest BCUT2D eigenvalue weighted by molar-refractivity contribution is 5.76. The molecule has 0 spiro atoms. The zero-order valence-corrected chi connectivity index (χ0v) is 10.9. The van der Waals surface area contributed by atoms with Crippen LogP contribution in [-0.4, -0.2) is 29.7 Å². The fourth-order valence-electron chi connectivity index (χ4n) is 1.70. The highest BCUT2D eigenvalue weighted by atomic mass is 16.3. The molecule has 0 saturated carbocycles. The molecule has 0 saturated heterocycles. The molecule has 0 rings (SSSR count). The quantitative estimate of drug-likeness (QED) is 0.638. The first-order chi connectivity index (χ1) is 7.24. The van der Waals surface area contributed by atoms with E-state index in [0.717, 1.165) is 6.42 Å². The number of nitrogens with one attached hydrogen (secondary N) is 1. The second-order valence-electron chi connectivity index (χ2n) is 5.71. The van der Waals surface area contributed by atoms with Gasteiger partial charge in [-0.25, -0.2) is 0 Å². The predicted molar refractivity (Wildman–Crippen MR) is 66.0 cm³/mol. The van der Waals surface area contributed by atoms with Crippen molar-refractivity contribution < 1.29 is 9.90 Å². The molecule has 16 heavy (non-hydrogen) atoms. The van der Waals surface area contributed by atoms with E-state index in [1.165, 1.54) is 0 Å². The van der Waals surface area contributed by atoms with E-state index in [4.69, 9.17) is 10.8 Å². The minimum absolute atomic E-state index is 0.0133. The molecule has 0 aromatic rings. The predicted octanol–water partition coefficient (Wildman–Crippen LogP) is 1.03. The molecule has 0 heterocycles. The Bertz CT molecular complexity index is 212. The molecule has 4 heteroatoms. The molecule has 1 amide bonds. The van der Waals surface area contributed by atoms with Gasteiger partial charge in [-0.2, -0.15) is 0 Å². The molecule has 0 fully saturated rings. The van der Waals surface area contributed by atoms with Crippen molar-refractivity contribution in [3.05, 3.63) is 0 Å². The van der Waals surface area contributed by atoms with Crippen molar-refractivity contribution in [3.8, 4) is 0 Å². The first-order valence-electron chi connectivity index (χ1n) is 5.90. The largest absolute Gasteiger partial charge is 0.396 e. The maximum atomic E-state index is 11.6. The van der Waals surface area contributed by atoms with Gasteiger partial charge in [-0.05, 0) is 25.2 Å². The number of hydrogen-bond acceptors (Lipinski definition) is 3. The average molecular weight is 230 g/mol. The monoisotopic (exact) mass is 230 g/mol. The minimum atomic E-state index is -0.0960. The fraction of sp³-hybridized carbons (Fsp3) is 0.917. The van der Waals surface area contributed by atoms with Gasteiger partial charge in [-0.1, -0.05) is 20.8 Å². The molecular formula is C12H26N2O2. The molecule has 0 aromatic heterocycles. The van der Waals surface area contributed by atoms with E-state index in [-0.39, 0.29) is 30.0 Å². The van der Waals surface area contributed by atoms with Crippen molar-refractivity contribution in [1.29, 1.82) is 0 Å². The van der Waals surface area contributed by atoms with Gasteiger partial charge in [0.25, 0.3) is 0 Å². The van der Waals surface area contributed by atoms with Gasteiger partial charge < -0.3 is 16.2 Å². The van der Waals surface area contributed by atoms with Crippen molar-refractivity contribution in [2.45, 2.75) is 59.0 Å². The standard InChI is InChI=1S/C12H26N2O2/c1-9(5-6-15)14-11(16)7-10(13)8-12(2,3)4/h9-10,15H,5-8,13H2,1-4H3,(H,14,16). The number of aliphatic hydroxyl groups excluding tert-OH is 1. The summed E-state index contributed by atoms with van der Waals surface area (Å²) in [7, 11) is 0. The Morgan fingerprint density at radius 3 is 2.44 bits per heavy atom. The fourth-order valence-corrected chi connectivity index (χ4v) is 1.70. The van der Waals surface area contributed by atoms with Crippen LogP contribution in [0.5, 0.6) is 0 Å². The van der Waals surface area contributed by atoms with Crippen LogP contribution in [0.15, 0.2) is 0 Å². The molecule has 2 atom stereocenters. The first-order valence-corrected chi connectivity index (χ1v) is 5.90. The van der Waals surface area contributed by atoms with Crippen molar-refractivity contribution in [1.82, 2.24) is 5.32 Å². The van der Waals surface area contributed by atoms with Crippen LogP contribution >= 0.6 is 0 Å². The molecule has 0 bridgehead atoms. The maximum absolute atomic E-state index is 11.6. The van der Waals surface area contributed by atoms with E-state index in [2.05, 4.69) is 26.1 Å². The summed E-state index contributed by atoms with van der Waals surface area (Å²) in [6.45, 7) is 8.30. The van der Waals surface area contributed by atoms with Gasteiger partial charge >= 0.3 is 0 Å². The normalized spacial score (nSPS) is 15.6. The molecule has 4 N–H and O–H groups in total. The third-order valence-electron chi connectivity index (χ3n) is 2.29. The second kappa shape index (κ2) is 6.86. The van der Waals surface area contributed by atoms with Gasteiger partial charge in [0.2, 0.25) is 5.91 Å². The highest BCUT2D eigenvalue weighted by Gasteiger charge is 2.18. The molecular weight excluding hydrogens is 204 g/mol. The van der Waals surface area contributed by atoms with E-state index in [1.807, 2.05) is 6.92 Å². The molecule has 0 aliphatic heterocycles. The maximum Gasteiger partial charge on any atom is 0.221 e. The molecule has 0 aliphatic rings. The van der Waals surface area contributed by atoms with Crippen LogP contribution in [0, 0.1) is 5.41 Å². The van der Waals surface area contributed by atoms with Gasteiger partial charge in [0, 0.05) is 25.1 Å². The van der Waals surface area contributed by atoms with E-state index >= 15 is 0 Å². The smallest absolute Gasteiger partial charge is 0.221 e. The summed E-state index contributed by atoms with van der Waals surface area (Å²) in [6, 6.07) is -0.0827. The van der Waals surface area contributed by atoms with Crippen molar-refractivity contribution in [3.63, 3.8) is 0 Å². The lowest BCUT2D eigenvalue weighted by atomic mass is 9.87. The lowest BCUT2D eigenvalue weighted by molar-refractivity contribution is -0.122. The van der Waals surface area contributed by atoms with Crippen LogP contribution < -0.4 is 11.1 Å². The zero-order chi connectivity index (χ0) is 12.8. The molecule has 96 valence electrons. The number of carbonyl (C=O) groups excluding carboxylic acids is 1. The van der Waals surface area contributed by atoms with E-state index in [0.29, 0.717) is 12.8 Å². The van der Waals surface area contributed by atoms with Gasteiger partial charge in [-0.3, -0.25) is 4.79 Å². The van der Waals surface area contributed by atoms with Crippen LogP contribution in [0.25, 0.3) is 0 Å². The number of hydrogen-bond donors (Lipinski definition) is 3. The lowest BCUT2D eigenvalue weighted by Crippen LogP contribution is -2.38. The summed E-state index contributed by atoms with van der Waals surface area (Å²) < 4.78 is 0. The Balaban J connectivity index is 3.87. The summed E-state index contributed by atoms with van der Waals surface area (Å²) >= 11 is 0. The summed E-state index contributed by atoms with van der Waals surface area (Å²) in [5, 5.41) is 11.5. The van der Waals surface area contributed by atoms with Crippen LogP contribution in [0.4, 0.5) is 0 Å². The third-order valence-corrected chi connectivity index (χ3v) is 2.29. The van der Waals surface area contributed by atoms with Crippen molar-refractivity contribution >= 4 is 5.91 Å². The number of amides is 1. The molecule has 2 unspecified atom stereocenters. The lowest BCUT2D eigenvalue weighted by Gasteiger charge is -2.23. The van der Waals surface area contributed by atoms with Crippen molar-refractivity contribution in [2.75, 3.05) is 6.61 Å². The van der Waals surface area contributed by atoms with Crippen LogP contribution in [0.2, 0.25) is 0 Å². The molecule has 0 aromatic carbocycles. The Morgan fingerprint density at radius 1 is 1.44 bits per heavy atom. The molecule has 0 aliphatic carbocycles. The summed E-state index contributed by atoms with van der Waals surface area (Å²) in [6.07, 6.45) is 1.77. The zero-order valence-electron chi connectivity index (χ0n) is 10.9. The summed E-state index contributed by atoms with van der Waals surface area (Å²) in [5.41, 5.74) is 6.05. The summed E-state index contributed by atoms with van der Waals surface area (Å²) in [5.74, 6) is -0.0299. The topological polar surface area (TPSA) is 75.3 Å². The summed E-state index contributed by atoms with van der Waals surface area (Å²) in [4.78, 5) is 11.6. The van der Waals surface area contributed by atoms with Crippen molar-refractivity contribution in [2.24, 2.45) is 11.1 Å². The third kappa shape index (κ3) is 8.68. The van der Waals surface area contributed by atoms with Crippen LogP contribution in [0.1, 0.15) is 47.0 Å². The van der Waals surface area contributed by atoms with E-state index < -0.39 is 0 Å². The van der Waals surface area contributed by atoms with E-state index in [1.54, 1.807) is 0 Å². The van der Waals surface area contributed by atoms with Crippen LogP contribution in [0.3, 0.4) is 0 Å². The molecule has 0 radical (unpaired) electrons. The minimum Gasteiger partial charge on any atom is -0.396 e. The Labute approximate surface area is 98.6 Å². The van der Waals surface area contributed by atoms with Gasteiger partial charge in [0.05, 0.1) is 0 Å². The second-order valence-corrected chi connectivity index (χ2v) is 5.71. The number of aliphatic hydroxyl groups is 1. The van der Waals surface area contributed by atoms with Gasteiger partial charge in [-0.15, -0.1) is 0 Å². The average Bonchev–Trinajstić information content (AvgIpc) is 1.98. The number of nitrogens with two attached hydrogens (primary N) is 1. The highest BCUT2D eigenvalue weighted by Crippen LogP contribution is 2.20. The van der Waals surface area contributed by atoms with Gasteiger partial charge in [0.1, 0.15) is 0 Å².